The van der Waals surface area contributed by atoms with Crippen LogP contribution in [-0.2, 0) is 54.2 Å². The summed E-state index contributed by atoms with van der Waals surface area (Å²) in [5.41, 5.74) is 2.36. The number of benzene rings is 3. The molecule has 1 aliphatic heterocycles. The summed E-state index contributed by atoms with van der Waals surface area (Å²) in [6.45, 7) is -0.0190. The normalized spacial score (nSPS) is 12.4. The van der Waals surface area contributed by atoms with Gasteiger partial charge in [-0.25, -0.2) is 13.2 Å². The van der Waals surface area contributed by atoms with Crippen molar-refractivity contribution in [1.82, 2.24) is 35.6 Å². The average molecular weight is 1140 g/mol. The number of hydrogen-bond donors (Lipinski definition) is 2. The van der Waals surface area contributed by atoms with Crippen LogP contribution >= 0.6 is 0 Å². The van der Waals surface area contributed by atoms with Crippen LogP contribution in [0.25, 0.3) is 44.3 Å². The van der Waals surface area contributed by atoms with Crippen molar-refractivity contribution in [2.45, 2.75) is 38.1 Å². The molecule has 5 heterocycles. The molecule has 0 bridgehead atoms. The smallest absolute Gasteiger partial charge is 0.333 e. The Kier molecular flexibility index (Phi) is 18.7. The largest absolute Gasteiger partial charge is 0.748 e. The van der Waals surface area contributed by atoms with Gasteiger partial charge in [0.25, 0.3) is 17.7 Å². The molecule has 2 N–H and O–H groups in total. The molecule has 22 heteroatoms. The molecule has 0 spiro atoms. The average Bonchev–Trinajstić information content (AvgIpc) is 3.63. The molecule has 1 unspecified atom stereocenters. The molecule has 1 saturated heterocycles. The van der Waals surface area contributed by atoms with Gasteiger partial charge in [-0.1, -0.05) is 65.7 Å². The molecule has 1 radical (unpaired) electrons. The Morgan fingerprint density at radius 1 is 0.739 bits per heavy atom. The van der Waals surface area contributed by atoms with Crippen molar-refractivity contribution >= 4 is 61.5 Å². The van der Waals surface area contributed by atoms with Crippen molar-refractivity contribution in [3.8, 4) is 22.5 Å². The predicted molar refractivity (Wildman–Crippen MR) is 234 cm³/mol. The van der Waals surface area contributed by atoms with Crippen molar-refractivity contribution in [3.05, 3.63) is 157 Å². The molecule has 7 aromatic rings. The van der Waals surface area contributed by atoms with Crippen molar-refractivity contribution < 1.29 is 79.4 Å². The number of pyridine rings is 4. The van der Waals surface area contributed by atoms with E-state index in [-0.39, 0.29) is 75.4 Å². The van der Waals surface area contributed by atoms with Gasteiger partial charge in [0.15, 0.2) is 0 Å². The van der Waals surface area contributed by atoms with Gasteiger partial charge in [0.2, 0.25) is 5.91 Å². The number of rotatable bonds is 13. The topological polar surface area (TPSA) is 231 Å². The second-order valence-electron chi connectivity index (χ2n) is 14.5. The fourth-order valence-corrected chi connectivity index (χ4v) is 7.06. The molecule has 69 heavy (non-hydrogen) atoms. The van der Waals surface area contributed by atoms with Crippen molar-refractivity contribution in [2.75, 3.05) is 12.3 Å². The molecule has 1 atom stereocenters. The van der Waals surface area contributed by atoms with Crippen molar-refractivity contribution in [3.63, 3.8) is 0 Å². The monoisotopic (exact) mass is 1140 g/mol. The third-order valence-electron chi connectivity index (χ3n) is 9.58. The standard InChI is InChI=1S/C25H25N5O9S.2C11H6F2N.Ir/c31-19-8-9-20(32)30(19)39-21(33)5-1-2-11-28-25(35)18(14-40(36,37)38)29-24(34)17-10-13-27-23-16(17)7-6-15-4-3-12-26-22(15)23;2*12-8-4-5-9(10(13)7-8)11-3-1-2-6-14-11;/h3-4,6-7,10,12-13,18H,1-2,5,8-9,11,14H2,(H,28,35)(H,29,34)(H,36,37,38);2*1-4,6-7H;/q;2*-1;/p-1. The summed E-state index contributed by atoms with van der Waals surface area (Å²) in [4.78, 5) is 81.9. The van der Waals surface area contributed by atoms with E-state index >= 15 is 0 Å². The molecule has 8 rings (SSSR count). The molecule has 4 aromatic heterocycles. The van der Waals surface area contributed by atoms with Gasteiger partial charge < -0.3 is 30.0 Å². The quantitative estimate of drug-likeness (QED) is 0.0339. The summed E-state index contributed by atoms with van der Waals surface area (Å²) >= 11 is 0. The van der Waals surface area contributed by atoms with Crippen LogP contribution in [0, 0.1) is 35.4 Å². The number of hydroxylamine groups is 2. The first kappa shape index (κ1) is 52.6. The number of nitrogens with one attached hydrogen (secondary N) is 2. The fourth-order valence-electron chi connectivity index (χ4n) is 6.41. The van der Waals surface area contributed by atoms with Gasteiger partial charge in [-0.15, -0.1) is 29.3 Å². The first-order chi connectivity index (χ1) is 32.6. The number of amides is 4. The Morgan fingerprint density at radius 2 is 1.32 bits per heavy atom. The summed E-state index contributed by atoms with van der Waals surface area (Å²) in [5, 5.41) is 6.40. The van der Waals surface area contributed by atoms with Crippen LogP contribution < -0.4 is 10.6 Å². The van der Waals surface area contributed by atoms with Gasteiger partial charge in [-0.05, 0) is 48.5 Å². The van der Waals surface area contributed by atoms with Crippen LogP contribution in [0.1, 0.15) is 42.5 Å². The molecule has 16 nitrogen and oxygen atoms in total. The van der Waals surface area contributed by atoms with Crippen LogP contribution in [0.3, 0.4) is 0 Å². The second-order valence-corrected chi connectivity index (χ2v) is 15.9. The summed E-state index contributed by atoms with van der Waals surface area (Å²) in [7, 11) is -4.90. The molecule has 3 aromatic carbocycles. The Bertz CT molecular complexity index is 2990. The molecule has 4 amide bonds. The number of halogens is 4. The van der Waals surface area contributed by atoms with Gasteiger partial charge in [0, 0.05) is 105 Å². The Balaban J connectivity index is 0.000000247. The number of unbranched alkanes of at least 4 members (excludes halogenated alkanes) is 1. The van der Waals surface area contributed by atoms with Gasteiger partial charge in [-0.2, -0.15) is 0 Å². The Hall–Kier alpha value is -7.39. The minimum absolute atomic E-state index is 0. The molecular formula is C47H36F4IrN7O9S-3. The van der Waals surface area contributed by atoms with Crippen molar-refractivity contribution in [2.24, 2.45) is 0 Å². The molecule has 0 aliphatic carbocycles. The van der Waals surface area contributed by atoms with Gasteiger partial charge in [0.05, 0.1) is 32.5 Å². The van der Waals surface area contributed by atoms with E-state index in [2.05, 4.69) is 42.7 Å². The fraction of sp³-hybridized carbons (Fsp3) is 0.170. The van der Waals surface area contributed by atoms with E-state index in [0.717, 1.165) is 29.7 Å². The van der Waals surface area contributed by atoms with Crippen LogP contribution in [0.2, 0.25) is 0 Å². The first-order valence-corrected chi connectivity index (χ1v) is 21.9. The van der Waals surface area contributed by atoms with E-state index in [4.69, 9.17) is 4.84 Å². The zero-order valence-corrected chi connectivity index (χ0v) is 38.9. The first-order valence-electron chi connectivity index (χ1n) is 20.4. The van der Waals surface area contributed by atoms with Crippen LogP contribution in [0.4, 0.5) is 17.6 Å². The summed E-state index contributed by atoms with van der Waals surface area (Å²) in [5.74, 6) is -7.45. The second kappa shape index (κ2) is 24.6. The SMILES string of the molecule is Fc1c[c-]c(-c2ccccn2)c(F)c1.Fc1c[c-]c(-c2ccccn2)c(F)c1.O=C(CCCCNC(=O)C(CS(=O)(=O)[O-])NC(=O)c1ccnc2c1ccc1cccnc12)ON1C(=O)CCC1=O.[Ir]. The number of carbonyl (C=O) groups is 5. The number of fused-ring (bicyclic) bond motifs is 3. The summed E-state index contributed by atoms with van der Waals surface area (Å²) < 4.78 is 86.0. The van der Waals surface area contributed by atoms with Gasteiger partial charge in [-0.3, -0.25) is 46.7 Å². The van der Waals surface area contributed by atoms with Crippen LogP contribution in [0.15, 0.2) is 116 Å². The number of aromatic nitrogens is 4. The molecule has 359 valence electrons. The van der Waals surface area contributed by atoms with E-state index in [1.807, 2.05) is 6.07 Å². The number of imide groups is 1. The number of nitrogens with zero attached hydrogens (tertiary/aromatic N) is 5. The van der Waals surface area contributed by atoms with Crippen LogP contribution in [0.5, 0.6) is 0 Å². The van der Waals surface area contributed by atoms with E-state index in [1.54, 1.807) is 73.2 Å². The predicted octanol–water partition coefficient (Wildman–Crippen LogP) is 5.97. The van der Waals surface area contributed by atoms with Gasteiger partial charge >= 0.3 is 5.97 Å². The summed E-state index contributed by atoms with van der Waals surface area (Å²) in [6.07, 6.45) is 6.29. The maximum atomic E-state index is 13.2. The molecular weight excluding hydrogens is 1110 g/mol. The molecule has 0 saturated carbocycles. The Labute approximate surface area is 404 Å². The molecule has 1 fully saturated rings. The molecule has 1 aliphatic rings. The van der Waals surface area contributed by atoms with Crippen LogP contribution in [-0.4, -0.2) is 85.9 Å². The zero-order chi connectivity index (χ0) is 48.8. The number of hydrogen-bond acceptors (Lipinski definition) is 13. The van der Waals surface area contributed by atoms with Crippen molar-refractivity contribution in [1.29, 1.82) is 0 Å². The maximum Gasteiger partial charge on any atom is 0.333 e. The summed E-state index contributed by atoms with van der Waals surface area (Å²) in [6, 6.07) is 25.7. The maximum absolute atomic E-state index is 13.2. The van der Waals surface area contributed by atoms with E-state index in [9.17, 15) is 54.5 Å². The third-order valence-corrected chi connectivity index (χ3v) is 10.3. The van der Waals surface area contributed by atoms with Gasteiger partial charge in [0.1, 0.15) is 6.04 Å². The number of carbonyl (C=O) groups excluding carboxylic acids is 5. The van der Waals surface area contributed by atoms with E-state index < -0.39 is 74.8 Å². The van der Waals surface area contributed by atoms with E-state index in [1.165, 1.54) is 12.3 Å². The minimum atomic E-state index is -4.90. The van der Waals surface area contributed by atoms with E-state index in [0.29, 0.717) is 32.9 Å². The zero-order valence-electron chi connectivity index (χ0n) is 35.7. The minimum Gasteiger partial charge on any atom is -0.748 e. The Morgan fingerprint density at radius 3 is 1.87 bits per heavy atom. The third kappa shape index (κ3) is 14.8.